The minimum absolute atomic E-state index is 0.138. The predicted molar refractivity (Wildman–Crippen MR) is 93.4 cm³/mol. The fraction of sp³-hybridized carbons (Fsp3) is 0.235. The first kappa shape index (κ1) is 17.8. The normalized spacial score (nSPS) is 13.1. The number of nitrogens with one attached hydrogen (secondary N) is 1. The number of nitro benzene ring substituents is 1. The number of hydrogen-bond acceptors (Lipinski definition) is 4. The fourth-order valence-corrected chi connectivity index (χ4v) is 3.09. The van der Waals surface area contributed by atoms with Gasteiger partial charge in [-0.3, -0.25) is 19.1 Å². The molecule has 0 aliphatic heterocycles. The third kappa shape index (κ3) is 4.48. The topological polar surface area (TPSA) is 89.3 Å². The van der Waals surface area contributed by atoms with E-state index < -0.39 is 27.7 Å². The fourth-order valence-electron chi connectivity index (χ4n) is 2.35. The molecule has 0 aliphatic rings. The second-order valence-corrected chi connectivity index (χ2v) is 6.91. The van der Waals surface area contributed by atoms with Gasteiger partial charge in [-0.1, -0.05) is 36.4 Å². The van der Waals surface area contributed by atoms with E-state index in [1.54, 1.807) is 19.2 Å². The summed E-state index contributed by atoms with van der Waals surface area (Å²) in [6.07, 6.45) is 1.57. The van der Waals surface area contributed by atoms with Gasteiger partial charge >= 0.3 is 0 Å². The van der Waals surface area contributed by atoms with E-state index in [2.05, 4.69) is 5.32 Å². The van der Waals surface area contributed by atoms with Gasteiger partial charge in [0, 0.05) is 40.5 Å². The van der Waals surface area contributed by atoms with Crippen LogP contribution in [-0.4, -0.2) is 27.0 Å². The van der Waals surface area contributed by atoms with Crippen molar-refractivity contribution in [3.63, 3.8) is 0 Å². The lowest BCUT2D eigenvalue weighted by Gasteiger charge is -2.19. The molecule has 0 aliphatic carbocycles. The lowest BCUT2D eigenvalue weighted by atomic mass is 10.0. The molecule has 0 spiro atoms. The number of benzene rings is 2. The second-order valence-electron chi connectivity index (χ2n) is 5.43. The Hall–Kier alpha value is -2.54. The molecule has 0 heterocycles. The molecule has 7 heteroatoms. The van der Waals surface area contributed by atoms with Gasteiger partial charge in [-0.15, -0.1) is 0 Å². The van der Waals surface area contributed by atoms with E-state index in [9.17, 15) is 19.1 Å². The van der Waals surface area contributed by atoms with Crippen LogP contribution in [0.25, 0.3) is 0 Å². The molecule has 2 aromatic rings. The molecule has 0 unspecified atom stereocenters. The highest BCUT2D eigenvalue weighted by atomic mass is 32.2. The number of non-ortho nitro benzene ring substituents is 1. The molecule has 126 valence electrons. The van der Waals surface area contributed by atoms with Gasteiger partial charge < -0.3 is 5.32 Å². The highest BCUT2D eigenvalue weighted by molar-refractivity contribution is 7.84. The summed E-state index contributed by atoms with van der Waals surface area (Å²) in [5, 5.41) is 13.7. The maximum atomic E-state index is 12.6. The Morgan fingerprint density at radius 3 is 2.50 bits per heavy atom. The quantitative estimate of drug-likeness (QED) is 0.643. The van der Waals surface area contributed by atoms with Crippen LogP contribution in [0.15, 0.2) is 48.5 Å². The second kappa shape index (κ2) is 7.83. The average molecular weight is 346 g/mol. The summed E-state index contributed by atoms with van der Waals surface area (Å²) in [7, 11) is -1.11. The summed E-state index contributed by atoms with van der Waals surface area (Å²) in [5.41, 5.74) is 1.58. The number of aryl methyl sites for hydroxylation is 1. The zero-order valence-electron chi connectivity index (χ0n) is 13.4. The molecule has 6 nitrogen and oxygen atoms in total. The van der Waals surface area contributed by atoms with Gasteiger partial charge in [-0.05, 0) is 18.1 Å². The van der Waals surface area contributed by atoms with Crippen LogP contribution < -0.4 is 5.32 Å². The van der Waals surface area contributed by atoms with Gasteiger partial charge in [0.15, 0.2) is 0 Å². The highest BCUT2D eigenvalue weighted by Crippen LogP contribution is 2.19. The van der Waals surface area contributed by atoms with Crippen LogP contribution in [0.4, 0.5) is 5.69 Å². The molecule has 2 atom stereocenters. The summed E-state index contributed by atoms with van der Waals surface area (Å²) in [5.74, 6) is -0.153. The van der Waals surface area contributed by atoms with E-state index in [1.165, 1.54) is 12.1 Å². The van der Waals surface area contributed by atoms with Gasteiger partial charge in [0.2, 0.25) is 0 Å². The number of rotatable bonds is 6. The minimum atomic E-state index is -1.11. The maximum absolute atomic E-state index is 12.6. The van der Waals surface area contributed by atoms with Crippen LogP contribution in [0, 0.1) is 17.0 Å². The number of hydrogen-bond donors (Lipinski definition) is 1. The van der Waals surface area contributed by atoms with Crippen LogP contribution in [-0.2, 0) is 10.8 Å². The first-order valence-corrected chi connectivity index (χ1v) is 9.02. The third-order valence-corrected chi connectivity index (χ3v) is 4.39. The average Bonchev–Trinajstić information content (AvgIpc) is 2.54. The maximum Gasteiger partial charge on any atom is 0.270 e. The number of carbonyl (C=O) groups excluding carboxylic acids is 1. The molecule has 2 rings (SSSR count). The van der Waals surface area contributed by atoms with Crippen molar-refractivity contribution in [1.82, 2.24) is 5.32 Å². The molecule has 1 N–H and O–H groups in total. The van der Waals surface area contributed by atoms with Gasteiger partial charge in [0.05, 0.1) is 11.0 Å². The zero-order valence-corrected chi connectivity index (χ0v) is 14.2. The zero-order chi connectivity index (χ0) is 17.7. The van der Waals surface area contributed by atoms with Crippen LogP contribution >= 0.6 is 0 Å². The van der Waals surface area contributed by atoms with Gasteiger partial charge in [-0.2, -0.15) is 0 Å². The molecule has 0 bridgehead atoms. The standard InChI is InChI=1S/C17H18N2O4S/c1-12-8-9-14(19(21)22)10-15(12)17(20)18-16(11-24(2)23)13-6-4-3-5-7-13/h3-10,16H,11H2,1-2H3,(H,18,20)/t16-,24+/m0/s1. The largest absolute Gasteiger partial charge is 0.344 e. The molecule has 1 amide bonds. The van der Waals surface area contributed by atoms with Crippen molar-refractivity contribution >= 4 is 22.4 Å². The summed E-state index contributed by atoms with van der Waals surface area (Å²) in [6, 6.07) is 13.0. The smallest absolute Gasteiger partial charge is 0.270 e. The van der Waals surface area contributed by atoms with Crippen molar-refractivity contribution < 1.29 is 13.9 Å². The summed E-state index contributed by atoms with van der Waals surface area (Å²) >= 11 is 0. The van der Waals surface area contributed by atoms with Crippen molar-refractivity contribution in [3.05, 3.63) is 75.3 Å². The third-order valence-electron chi connectivity index (χ3n) is 3.59. The number of amides is 1. The monoisotopic (exact) mass is 346 g/mol. The Bertz CT molecular complexity index is 777. The molecule has 2 aromatic carbocycles. The summed E-state index contributed by atoms with van der Waals surface area (Å²) in [4.78, 5) is 22.9. The lowest BCUT2D eigenvalue weighted by Crippen LogP contribution is -2.32. The summed E-state index contributed by atoms with van der Waals surface area (Å²) in [6.45, 7) is 1.72. The van der Waals surface area contributed by atoms with Crippen molar-refractivity contribution in [1.29, 1.82) is 0 Å². The Balaban J connectivity index is 2.29. The molecular formula is C17H18N2O4S. The van der Waals surface area contributed by atoms with Crippen LogP contribution in [0.2, 0.25) is 0 Å². The van der Waals surface area contributed by atoms with Gasteiger partial charge in [0.1, 0.15) is 0 Å². The van der Waals surface area contributed by atoms with Crippen molar-refractivity contribution in [2.24, 2.45) is 0 Å². The van der Waals surface area contributed by atoms with Crippen molar-refractivity contribution in [2.75, 3.05) is 12.0 Å². The molecule has 0 aromatic heterocycles. The molecular weight excluding hydrogens is 328 g/mol. The molecule has 0 radical (unpaired) electrons. The molecule has 0 saturated heterocycles. The van der Waals surface area contributed by atoms with Crippen molar-refractivity contribution in [2.45, 2.75) is 13.0 Å². The van der Waals surface area contributed by atoms with E-state index in [0.29, 0.717) is 5.56 Å². The Morgan fingerprint density at radius 1 is 1.25 bits per heavy atom. The lowest BCUT2D eigenvalue weighted by molar-refractivity contribution is -0.384. The van der Waals surface area contributed by atoms with Gasteiger partial charge in [-0.25, -0.2) is 0 Å². The summed E-state index contributed by atoms with van der Waals surface area (Å²) < 4.78 is 11.6. The predicted octanol–water partition coefficient (Wildman–Crippen LogP) is 2.75. The van der Waals surface area contributed by atoms with E-state index in [-0.39, 0.29) is 17.0 Å². The SMILES string of the molecule is Cc1ccc([N+](=O)[O-])cc1C(=O)N[C@@H](C[S@@](C)=O)c1ccccc1. The first-order valence-electron chi connectivity index (χ1n) is 7.29. The molecule has 0 saturated carbocycles. The van der Waals surface area contributed by atoms with E-state index in [0.717, 1.165) is 5.56 Å². The van der Waals surface area contributed by atoms with Crippen molar-refractivity contribution in [3.8, 4) is 0 Å². The Kier molecular flexibility index (Phi) is 5.81. The minimum Gasteiger partial charge on any atom is -0.344 e. The molecule has 0 fully saturated rings. The number of nitrogens with zero attached hydrogens (tertiary/aromatic N) is 1. The number of carbonyl (C=O) groups is 1. The first-order chi connectivity index (χ1) is 11.4. The Morgan fingerprint density at radius 2 is 1.92 bits per heavy atom. The number of nitro groups is 1. The van der Waals surface area contributed by atoms with E-state index in [1.807, 2.05) is 30.3 Å². The van der Waals surface area contributed by atoms with Gasteiger partial charge in [0.25, 0.3) is 11.6 Å². The van der Waals surface area contributed by atoms with E-state index >= 15 is 0 Å². The van der Waals surface area contributed by atoms with Crippen LogP contribution in [0.3, 0.4) is 0 Å². The van der Waals surface area contributed by atoms with Crippen LogP contribution in [0.5, 0.6) is 0 Å². The van der Waals surface area contributed by atoms with E-state index in [4.69, 9.17) is 0 Å². The highest BCUT2D eigenvalue weighted by Gasteiger charge is 2.20. The molecule has 24 heavy (non-hydrogen) atoms. The Labute approximate surface area is 142 Å². The van der Waals surface area contributed by atoms with Crippen LogP contribution in [0.1, 0.15) is 27.5 Å².